The van der Waals surface area contributed by atoms with Gasteiger partial charge in [0.05, 0.1) is 39.5 Å². The molecule has 2 aliphatic heterocycles. The van der Waals surface area contributed by atoms with Crippen molar-refractivity contribution in [1.29, 1.82) is 0 Å². The van der Waals surface area contributed by atoms with Crippen LogP contribution in [0.25, 0.3) is 28.1 Å². The molecule has 12 rings (SSSR count). The van der Waals surface area contributed by atoms with Crippen LogP contribution in [0.4, 0.5) is 28.6 Å². The summed E-state index contributed by atoms with van der Waals surface area (Å²) in [6, 6.07) is 55.6. The number of fused-ring (bicyclic) bond motifs is 12. The highest BCUT2D eigenvalue weighted by molar-refractivity contribution is 8.00. The summed E-state index contributed by atoms with van der Waals surface area (Å²) in [4.78, 5) is 16.9. The van der Waals surface area contributed by atoms with Crippen molar-refractivity contribution in [3.05, 3.63) is 222 Å². The Morgan fingerprint density at radius 2 is 1.29 bits per heavy atom. The molecule has 0 amide bonds. The summed E-state index contributed by atoms with van der Waals surface area (Å²) in [5.41, 5.74) is 15.2. The molecular weight excluding hydrogens is 725 g/mol. The molecule has 1 aromatic heterocycles. The number of thioether (sulfide) groups is 1. The van der Waals surface area contributed by atoms with Crippen LogP contribution in [0, 0.1) is 0 Å². The molecule has 2 unspecified atom stereocenters. The third kappa shape index (κ3) is 4.83. The molecule has 3 heterocycles. The zero-order chi connectivity index (χ0) is 38.2. The van der Waals surface area contributed by atoms with E-state index in [0.29, 0.717) is 0 Å². The molecule has 5 heteroatoms. The predicted octanol–water partition coefficient (Wildman–Crippen LogP) is 13.1. The highest BCUT2D eigenvalue weighted by atomic mass is 32.2. The van der Waals surface area contributed by atoms with Crippen molar-refractivity contribution >= 4 is 45.9 Å². The molecule has 276 valence electrons. The van der Waals surface area contributed by atoms with E-state index in [9.17, 15) is 0 Å². The second-order valence-corrected chi connectivity index (χ2v) is 16.7. The van der Waals surface area contributed by atoms with Crippen LogP contribution >= 0.6 is 11.8 Å². The predicted molar refractivity (Wildman–Crippen MR) is 240 cm³/mol. The molecule has 5 aliphatic rings. The number of aromatic nitrogens is 2. The third-order valence-electron chi connectivity index (χ3n) is 12.4. The molecule has 4 nitrogen and oxygen atoms in total. The lowest BCUT2D eigenvalue weighted by Gasteiger charge is -2.45. The van der Waals surface area contributed by atoms with E-state index >= 15 is 0 Å². The Kier molecular flexibility index (Phi) is 7.61. The molecular formula is C53H38N4S. The monoisotopic (exact) mass is 762 g/mol. The molecule has 1 spiro atoms. The van der Waals surface area contributed by atoms with Crippen molar-refractivity contribution in [2.75, 3.05) is 9.80 Å². The second kappa shape index (κ2) is 13.2. The molecule has 58 heavy (non-hydrogen) atoms. The van der Waals surface area contributed by atoms with Gasteiger partial charge >= 0.3 is 0 Å². The van der Waals surface area contributed by atoms with Gasteiger partial charge in [0, 0.05) is 27.8 Å². The highest BCUT2D eigenvalue weighted by Gasteiger charge is 2.53. The Hall–Kier alpha value is -6.69. The van der Waals surface area contributed by atoms with Gasteiger partial charge in [-0.25, -0.2) is 9.97 Å². The minimum atomic E-state index is -0.522. The quantitative estimate of drug-likeness (QED) is 0.178. The van der Waals surface area contributed by atoms with E-state index in [1.165, 1.54) is 55.3 Å². The van der Waals surface area contributed by atoms with Crippen LogP contribution in [0.5, 0.6) is 0 Å². The molecule has 0 fully saturated rings. The largest absolute Gasteiger partial charge is 0.317 e. The lowest BCUT2D eigenvalue weighted by Crippen LogP contribution is -2.42. The Bertz CT molecular complexity index is 2860. The van der Waals surface area contributed by atoms with Gasteiger partial charge in [0.1, 0.15) is 5.82 Å². The summed E-state index contributed by atoms with van der Waals surface area (Å²) < 4.78 is 0. The summed E-state index contributed by atoms with van der Waals surface area (Å²) in [6.45, 7) is 0. The van der Waals surface area contributed by atoms with Crippen molar-refractivity contribution in [2.45, 2.75) is 34.4 Å². The van der Waals surface area contributed by atoms with Gasteiger partial charge < -0.3 is 9.80 Å². The van der Waals surface area contributed by atoms with Crippen LogP contribution in [0.1, 0.15) is 40.8 Å². The van der Waals surface area contributed by atoms with Gasteiger partial charge in [0.2, 0.25) is 0 Å². The number of anilines is 5. The maximum Gasteiger partial charge on any atom is 0.162 e. The van der Waals surface area contributed by atoms with Crippen molar-refractivity contribution in [3.63, 3.8) is 0 Å². The number of hydrogen-bond acceptors (Lipinski definition) is 5. The Balaban J connectivity index is 1.13. The van der Waals surface area contributed by atoms with Crippen molar-refractivity contribution < 1.29 is 0 Å². The Morgan fingerprint density at radius 3 is 2.05 bits per heavy atom. The zero-order valence-electron chi connectivity index (χ0n) is 31.7. The van der Waals surface area contributed by atoms with Crippen LogP contribution in [0.15, 0.2) is 199 Å². The first-order chi connectivity index (χ1) is 28.8. The third-order valence-corrected chi connectivity index (χ3v) is 13.8. The van der Waals surface area contributed by atoms with Crippen molar-refractivity contribution in [2.24, 2.45) is 0 Å². The van der Waals surface area contributed by atoms with E-state index in [4.69, 9.17) is 9.97 Å². The summed E-state index contributed by atoms with van der Waals surface area (Å²) in [5.74, 6) is 1.65. The van der Waals surface area contributed by atoms with Gasteiger partial charge in [0.15, 0.2) is 5.82 Å². The first kappa shape index (κ1) is 33.4. The fraction of sp³-hybridized carbons (Fsp3) is 0.0943. The molecule has 3 aliphatic carbocycles. The minimum Gasteiger partial charge on any atom is -0.317 e. The van der Waals surface area contributed by atoms with E-state index in [2.05, 4.69) is 204 Å². The van der Waals surface area contributed by atoms with Gasteiger partial charge in [-0.15, -0.1) is 11.8 Å². The smallest absolute Gasteiger partial charge is 0.162 e. The van der Waals surface area contributed by atoms with Crippen molar-refractivity contribution in [3.8, 4) is 22.5 Å². The topological polar surface area (TPSA) is 32.3 Å². The fourth-order valence-electron chi connectivity index (χ4n) is 10.0. The van der Waals surface area contributed by atoms with Crippen LogP contribution in [0.3, 0.4) is 0 Å². The van der Waals surface area contributed by atoms with Gasteiger partial charge in [0.25, 0.3) is 0 Å². The normalized spacial score (nSPS) is 18.8. The molecule has 0 radical (unpaired) electrons. The summed E-state index contributed by atoms with van der Waals surface area (Å²) in [7, 11) is 0. The van der Waals surface area contributed by atoms with E-state index in [0.717, 1.165) is 47.0 Å². The number of benzene rings is 6. The zero-order valence-corrected chi connectivity index (χ0v) is 32.6. The van der Waals surface area contributed by atoms with Gasteiger partial charge in [-0.05, 0) is 76.6 Å². The lowest BCUT2D eigenvalue weighted by atomic mass is 9.64. The first-order valence-corrected chi connectivity index (χ1v) is 21.1. The van der Waals surface area contributed by atoms with Crippen LogP contribution in [-0.2, 0) is 5.41 Å². The summed E-state index contributed by atoms with van der Waals surface area (Å²) >= 11 is 1.99. The number of nitrogens with zero attached hydrogens (tertiary/aromatic N) is 4. The van der Waals surface area contributed by atoms with E-state index in [1.807, 2.05) is 11.8 Å². The molecule has 7 aromatic rings. The fourth-order valence-corrected chi connectivity index (χ4v) is 11.4. The van der Waals surface area contributed by atoms with Gasteiger partial charge in [-0.2, -0.15) is 0 Å². The summed E-state index contributed by atoms with van der Waals surface area (Å²) in [5, 5.41) is 0.180. The van der Waals surface area contributed by atoms with Gasteiger partial charge in [-0.3, -0.25) is 0 Å². The average Bonchev–Trinajstić information content (AvgIpc) is 3.60. The molecule has 0 bridgehead atoms. The van der Waals surface area contributed by atoms with E-state index < -0.39 is 5.41 Å². The molecule has 0 saturated heterocycles. The SMILES string of the molecule is C1=CC2Sc3c(ccc4c3-c3ccccc3C43c4ccccc4N(c4ccccc4)c4ccccc43)N(c3cc(C4=CCCC=C4)nc(-c4ccccc4)n3)C2C=C1. The Labute approximate surface area is 343 Å². The summed E-state index contributed by atoms with van der Waals surface area (Å²) in [6.07, 6.45) is 18.0. The highest BCUT2D eigenvalue weighted by Crippen LogP contribution is 2.66. The lowest BCUT2D eigenvalue weighted by molar-refractivity contribution is 0.745. The molecule has 0 saturated carbocycles. The second-order valence-electron chi connectivity index (χ2n) is 15.5. The number of rotatable bonds is 4. The van der Waals surface area contributed by atoms with Crippen LogP contribution in [-0.4, -0.2) is 21.3 Å². The number of hydrogen-bond donors (Lipinski definition) is 0. The Morgan fingerprint density at radius 1 is 0.603 bits per heavy atom. The molecule has 0 N–H and O–H groups in total. The van der Waals surface area contributed by atoms with E-state index in [1.54, 1.807) is 0 Å². The maximum absolute atomic E-state index is 5.42. The molecule has 2 atom stereocenters. The van der Waals surface area contributed by atoms with Gasteiger partial charge in [-0.1, -0.05) is 158 Å². The first-order valence-electron chi connectivity index (χ1n) is 20.2. The number of para-hydroxylation sites is 3. The van der Waals surface area contributed by atoms with Crippen molar-refractivity contribution in [1.82, 2.24) is 9.97 Å². The number of allylic oxidation sites excluding steroid dienone is 6. The standard InChI is InChI=1S/C53H38N4S/c1-4-18-35(19-5-1)43-34-49(55-52(54-43)36-20-6-2-7-21-36)57-46-30-16-17-31-48(46)58-51-47(57)33-32-42-50(51)38-24-10-11-25-39(38)53(42)40-26-12-14-28-44(40)56(37-22-8-3-9-23-37)45-29-15-13-27-41(45)53/h2-4,6-34,46,48H,1,5H2. The maximum atomic E-state index is 5.42. The van der Waals surface area contributed by atoms with Crippen LogP contribution in [0.2, 0.25) is 0 Å². The minimum absolute atomic E-state index is 0.0731. The average molecular weight is 763 g/mol. The van der Waals surface area contributed by atoms with E-state index in [-0.39, 0.29) is 11.3 Å². The molecule has 6 aromatic carbocycles. The van der Waals surface area contributed by atoms with Crippen LogP contribution < -0.4 is 9.80 Å².